The number of anilines is 1. The number of hydrogen-bond donors (Lipinski definition) is 1. The van der Waals surface area contributed by atoms with Crippen molar-refractivity contribution >= 4 is 11.6 Å². The zero-order valence-corrected chi connectivity index (χ0v) is 17.2. The molecule has 1 N–H and O–H groups in total. The molecule has 0 fully saturated rings. The van der Waals surface area contributed by atoms with Gasteiger partial charge >= 0.3 is 0 Å². The van der Waals surface area contributed by atoms with Crippen LogP contribution in [0.15, 0.2) is 71.8 Å². The van der Waals surface area contributed by atoms with E-state index in [1.54, 1.807) is 44.3 Å². The number of aromatic nitrogens is 3. The molecule has 0 aliphatic heterocycles. The Morgan fingerprint density at radius 3 is 2.38 bits per heavy atom. The molecular weight excluding hydrogens is 418 g/mol. The molecule has 32 heavy (non-hydrogen) atoms. The minimum absolute atomic E-state index is 0.173. The van der Waals surface area contributed by atoms with Crippen molar-refractivity contribution < 1.29 is 18.3 Å². The largest absolute Gasteiger partial charge is 0.454 e. The van der Waals surface area contributed by atoms with Gasteiger partial charge in [-0.3, -0.25) is 19.3 Å². The topological polar surface area (TPSA) is 78.2 Å². The van der Waals surface area contributed by atoms with E-state index in [0.717, 1.165) is 0 Å². The van der Waals surface area contributed by atoms with Crippen LogP contribution in [0.4, 0.5) is 14.5 Å². The monoisotopic (exact) mass is 436 g/mol. The second-order valence-corrected chi connectivity index (χ2v) is 6.91. The first kappa shape index (κ1) is 21.0. The van der Waals surface area contributed by atoms with Crippen molar-refractivity contribution in [1.82, 2.24) is 14.3 Å². The maximum absolute atomic E-state index is 14.6. The summed E-state index contributed by atoms with van der Waals surface area (Å²) in [5.74, 6) is -3.50. The molecule has 0 spiro atoms. The van der Waals surface area contributed by atoms with Crippen LogP contribution in [-0.2, 0) is 7.05 Å². The maximum atomic E-state index is 14.6. The summed E-state index contributed by atoms with van der Waals surface area (Å²) in [5, 5.41) is 2.29. The van der Waals surface area contributed by atoms with E-state index in [9.17, 15) is 18.4 Å². The third-order valence-electron chi connectivity index (χ3n) is 4.95. The first-order valence-electron chi connectivity index (χ1n) is 9.59. The van der Waals surface area contributed by atoms with Gasteiger partial charge in [0.15, 0.2) is 11.6 Å². The fraction of sp³-hybridized carbons (Fsp3) is 0.0870. The highest BCUT2D eigenvalue weighted by Gasteiger charge is 2.24. The van der Waals surface area contributed by atoms with Crippen LogP contribution < -0.4 is 15.6 Å². The predicted octanol–water partition coefficient (Wildman–Crippen LogP) is 4.20. The standard InChI is InChI=1S/C23H18F2N4O3/c1-14-19(23(31)29(28(14)2)15-6-4-3-5-7-15)22(30)27-17-8-9-18(21(25)20(17)24)32-16-10-12-26-13-11-16/h3-13H,1-2H3,(H,27,30). The summed E-state index contributed by atoms with van der Waals surface area (Å²) in [4.78, 5) is 29.6. The normalized spacial score (nSPS) is 10.8. The van der Waals surface area contributed by atoms with E-state index in [1.807, 2.05) is 0 Å². The molecule has 0 bridgehead atoms. The van der Waals surface area contributed by atoms with E-state index in [2.05, 4.69) is 10.3 Å². The zero-order valence-electron chi connectivity index (χ0n) is 17.2. The number of carbonyl (C=O) groups excluding carboxylic acids is 1. The van der Waals surface area contributed by atoms with Crippen LogP contribution in [0, 0.1) is 18.6 Å². The number of rotatable bonds is 5. The fourth-order valence-electron chi connectivity index (χ4n) is 3.25. The van der Waals surface area contributed by atoms with Crippen molar-refractivity contribution in [3.8, 4) is 17.2 Å². The number of nitrogens with zero attached hydrogens (tertiary/aromatic N) is 3. The number of carbonyl (C=O) groups is 1. The van der Waals surface area contributed by atoms with Crippen molar-refractivity contribution in [1.29, 1.82) is 0 Å². The van der Waals surface area contributed by atoms with Crippen molar-refractivity contribution in [2.45, 2.75) is 6.92 Å². The predicted molar refractivity (Wildman–Crippen MR) is 114 cm³/mol. The van der Waals surface area contributed by atoms with Gasteiger partial charge in [-0.25, -0.2) is 9.07 Å². The highest BCUT2D eigenvalue weighted by molar-refractivity contribution is 6.05. The first-order chi connectivity index (χ1) is 15.4. The van der Waals surface area contributed by atoms with E-state index in [4.69, 9.17) is 4.74 Å². The van der Waals surface area contributed by atoms with Gasteiger partial charge in [0.25, 0.3) is 11.5 Å². The van der Waals surface area contributed by atoms with Crippen LogP contribution in [0.25, 0.3) is 5.69 Å². The number of amides is 1. The third-order valence-corrected chi connectivity index (χ3v) is 4.95. The lowest BCUT2D eigenvalue weighted by molar-refractivity contribution is 0.102. The average molecular weight is 436 g/mol. The third kappa shape index (κ3) is 3.76. The van der Waals surface area contributed by atoms with Crippen molar-refractivity contribution in [3.63, 3.8) is 0 Å². The van der Waals surface area contributed by atoms with Crippen LogP contribution in [0.5, 0.6) is 11.5 Å². The van der Waals surface area contributed by atoms with Gasteiger partial charge in [-0.2, -0.15) is 4.39 Å². The second-order valence-electron chi connectivity index (χ2n) is 6.91. The molecular formula is C23H18F2N4O3. The van der Waals surface area contributed by atoms with E-state index < -0.39 is 28.8 Å². The molecule has 0 unspecified atom stereocenters. The Morgan fingerprint density at radius 1 is 1.00 bits per heavy atom. The van der Waals surface area contributed by atoms with E-state index >= 15 is 0 Å². The molecule has 162 valence electrons. The quantitative estimate of drug-likeness (QED) is 0.509. The maximum Gasteiger partial charge on any atom is 0.284 e. The summed E-state index contributed by atoms with van der Waals surface area (Å²) < 4.78 is 37.3. The van der Waals surface area contributed by atoms with Gasteiger partial charge in [0, 0.05) is 19.4 Å². The minimum atomic E-state index is -1.30. The van der Waals surface area contributed by atoms with Crippen LogP contribution in [-0.4, -0.2) is 20.3 Å². The summed E-state index contributed by atoms with van der Waals surface area (Å²) in [7, 11) is 1.63. The Hall–Kier alpha value is -4.27. The van der Waals surface area contributed by atoms with Gasteiger partial charge in [-0.05, 0) is 43.3 Å². The van der Waals surface area contributed by atoms with Gasteiger partial charge in [0.05, 0.1) is 17.1 Å². The molecule has 4 aromatic rings. The number of hydrogen-bond acceptors (Lipinski definition) is 4. The highest BCUT2D eigenvalue weighted by Crippen LogP contribution is 2.29. The van der Waals surface area contributed by atoms with Gasteiger partial charge in [0.2, 0.25) is 5.82 Å². The molecule has 0 radical (unpaired) electrons. The molecule has 9 heteroatoms. The molecule has 2 aromatic carbocycles. The molecule has 0 saturated heterocycles. The minimum Gasteiger partial charge on any atom is -0.454 e. The Bertz CT molecular complexity index is 1350. The van der Waals surface area contributed by atoms with Gasteiger partial charge in [-0.15, -0.1) is 0 Å². The molecule has 0 aliphatic rings. The number of halogens is 2. The molecule has 0 aliphatic carbocycles. The summed E-state index contributed by atoms with van der Waals surface area (Å²) in [6, 6.07) is 14.1. The number of nitrogens with one attached hydrogen (secondary N) is 1. The second kappa shape index (κ2) is 8.46. The van der Waals surface area contributed by atoms with Crippen LogP contribution >= 0.6 is 0 Å². The molecule has 4 rings (SSSR count). The van der Waals surface area contributed by atoms with Gasteiger partial charge in [0.1, 0.15) is 11.3 Å². The summed E-state index contributed by atoms with van der Waals surface area (Å²) in [5.41, 5.74) is -0.226. The molecule has 7 nitrogen and oxygen atoms in total. The van der Waals surface area contributed by atoms with Crippen LogP contribution in [0.3, 0.4) is 0 Å². The zero-order chi connectivity index (χ0) is 22.8. The average Bonchev–Trinajstić information content (AvgIpc) is 3.03. The highest BCUT2D eigenvalue weighted by atomic mass is 19.2. The Balaban J connectivity index is 1.64. The summed E-state index contributed by atoms with van der Waals surface area (Å²) in [6.07, 6.45) is 2.89. The summed E-state index contributed by atoms with van der Waals surface area (Å²) in [6.45, 7) is 1.60. The lowest BCUT2D eigenvalue weighted by Gasteiger charge is -2.10. The van der Waals surface area contributed by atoms with Gasteiger partial charge in [-0.1, -0.05) is 18.2 Å². The van der Waals surface area contributed by atoms with Crippen molar-refractivity contribution in [2.24, 2.45) is 7.05 Å². The Morgan fingerprint density at radius 2 is 1.69 bits per heavy atom. The number of ether oxygens (including phenoxy) is 1. The Kier molecular flexibility index (Phi) is 5.55. The van der Waals surface area contributed by atoms with E-state index in [0.29, 0.717) is 11.4 Å². The van der Waals surface area contributed by atoms with Crippen molar-refractivity contribution in [3.05, 3.63) is 100 Å². The number of benzene rings is 2. The molecule has 2 heterocycles. The SMILES string of the molecule is Cc1c(C(=O)Nc2ccc(Oc3ccncc3)c(F)c2F)c(=O)n(-c2ccccc2)n1C. The molecule has 0 atom stereocenters. The molecule has 1 amide bonds. The lowest BCUT2D eigenvalue weighted by Crippen LogP contribution is -2.25. The lowest BCUT2D eigenvalue weighted by atomic mass is 10.2. The van der Waals surface area contributed by atoms with Gasteiger partial charge < -0.3 is 10.1 Å². The first-order valence-corrected chi connectivity index (χ1v) is 9.59. The smallest absolute Gasteiger partial charge is 0.284 e. The number of pyridine rings is 1. The molecule has 0 saturated carbocycles. The summed E-state index contributed by atoms with van der Waals surface area (Å²) >= 11 is 0. The van der Waals surface area contributed by atoms with Crippen LogP contribution in [0.1, 0.15) is 16.1 Å². The van der Waals surface area contributed by atoms with Crippen molar-refractivity contribution in [2.75, 3.05) is 5.32 Å². The van der Waals surface area contributed by atoms with E-state index in [1.165, 1.54) is 46.0 Å². The number of para-hydroxylation sites is 1. The fourth-order valence-corrected chi connectivity index (χ4v) is 3.25. The van der Waals surface area contributed by atoms with Crippen LogP contribution in [0.2, 0.25) is 0 Å². The van der Waals surface area contributed by atoms with E-state index in [-0.39, 0.29) is 17.1 Å². The molecule has 2 aromatic heterocycles. The Labute approximate surface area is 181 Å².